The van der Waals surface area contributed by atoms with Crippen molar-refractivity contribution in [2.75, 3.05) is 0 Å². The SMILES string of the molecule is CC(C)(C)c1ccc2c(c1)[Si](c1ccccc1)(c1ccccc1)c1cc3c(cc1-2)[Si](c1ccccc1)(c1ccccc1)c1cc(C(C)(C)C)ccc1-3. The van der Waals surface area contributed by atoms with Gasteiger partial charge in [-0.2, -0.15) is 0 Å². The Balaban J connectivity index is 1.47. The van der Waals surface area contributed by atoms with Crippen LogP contribution in [0.2, 0.25) is 0 Å². The van der Waals surface area contributed by atoms with Gasteiger partial charge in [0.05, 0.1) is 0 Å². The molecule has 7 aromatic rings. The average molecular weight is 703 g/mol. The van der Waals surface area contributed by atoms with E-state index in [0.717, 1.165) is 0 Å². The third-order valence-electron chi connectivity index (χ3n) is 12.0. The Bertz CT molecular complexity index is 2190. The second kappa shape index (κ2) is 11.7. The summed E-state index contributed by atoms with van der Waals surface area (Å²) in [5.74, 6) is 0. The van der Waals surface area contributed by atoms with Gasteiger partial charge >= 0.3 is 0 Å². The largest absolute Gasteiger partial charge is 0.180 e. The van der Waals surface area contributed by atoms with Crippen molar-refractivity contribution in [3.8, 4) is 22.3 Å². The summed E-state index contributed by atoms with van der Waals surface area (Å²) in [6.07, 6.45) is 0. The summed E-state index contributed by atoms with van der Waals surface area (Å²) >= 11 is 0. The molecule has 2 aliphatic rings. The second-order valence-corrected chi connectivity index (χ2v) is 24.4. The van der Waals surface area contributed by atoms with E-state index in [2.05, 4.69) is 211 Å². The third-order valence-corrected chi connectivity index (χ3v) is 21.6. The first kappa shape index (κ1) is 32.9. The van der Waals surface area contributed by atoms with Crippen LogP contribution >= 0.6 is 0 Å². The Labute approximate surface area is 311 Å². The van der Waals surface area contributed by atoms with Gasteiger partial charge < -0.3 is 0 Å². The second-order valence-electron chi connectivity index (χ2n) is 16.9. The van der Waals surface area contributed by atoms with Gasteiger partial charge in [-0.3, -0.25) is 0 Å². The molecule has 254 valence electrons. The van der Waals surface area contributed by atoms with Gasteiger partial charge in [0.25, 0.3) is 0 Å². The Morgan fingerprint density at radius 1 is 0.288 bits per heavy atom. The minimum atomic E-state index is -2.73. The smallest absolute Gasteiger partial charge is 0.0623 e. The van der Waals surface area contributed by atoms with Crippen LogP contribution in [0.1, 0.15) is 52.7 Å². The van der Waals surface area contributed by atoms with Crippen LogP contribution in [0.25, 0.3) is 22.3 Å². The molecule has 0 saturated carbocycles. The molecular formula is C50H46Si2. The van der Waals surface area contributed by atoms with Crippen LogP contribution in [-0.2, 0) is 10.8 Å². The van der Waals surface area contributed by atoms with Crippen LogP contribution in [-0.4, -0.2) is 16.1 Å². The summed E-state index contributed by atoms with van der Waals surface area (Å²) in [6, 6.07) is 66.2. The number of fused-ring (bicyclic) bond motifs is 6. The highest BCUT2D eigenvalue weighted by atomic mass is 28.3. The van der Waals surface area contributed by atoms with E-state index in [1.54, 1.807) is 0 Å². The zero-order chi connectivity index (χ0) is 35.9. The number of hydrogen-bond acceptors (Lipinski definition) is 0. The zero-order valence-corrected chi connectivity index (χ0v) is 33.2. The number of rotatable bonds is 4. The predicted molar refractivity (Wildman–Crippen MR) is 229 cm³/mol. The molecule has 0 N–H and O–H groups in total. The lowest BCUT2D eigenvalue weighted by Gasteiger charge is -2.33. The van der Waals surface area contributed by atoms with Gasteiger partial charge in [-0.1, -0.05) is 211 Å². The quantitative estimate of drug-likeness (QED) is 0.174. The molecule has 2 heteroatoms. The molecule has 0 aliphatic carbocycles. The lowest BCUT2D eigenvalue weighted by molar-refractivity contribution is 0.590. The minimum absolute atomic E-state index is 0.0332. The molecule has 0 radical (unpaired) electrons. The minimum Gasteiger partial charge on any atom is -0.0623 e. The molecule has 9 rings (SSSR count). The monoisotopic (exact) mass is 702 g/mol. The molecule has 7 aromatic carbocycles. The van der Waals surface area contributed by atoms with Crippen LogP contribution in [0.5, 0.6) is 0 Å². The normalized spacial score (nSPS) is 15.0. The van der Waals surface area contributed by atoms with Crippen molar-refractivity contribution in [3.63, 3.8) is 0 Å². The first-order chi connectivity index (χ1) is 25.1. The highest BCUT2D eigenvalue weighted by molar-refractivity contribution is 7.24. The Morgan fingerprint density at radius 3 is 0.827 bits per heavy atom. The summed E-state index contributed by atoms with van der Waals surface area (Å²) in [4.78, 5) is 0. The number of benzene rings is 7. The fourth-order valence-corrected chi connectivity index (χ4v) is 19.8. The number of hydrogen-bond donors (Lipinski definition) is 0. The summed E-state index contributed by atoms with van der Waals surface area (Å²) in [6.45, 7) is 14.1. The van der Waals surface area contributed by atoms with Gasteiger partial charge in [0.1, 0.15) is 0 Å². The molecule has 0 bridgehead atoms. The maximum Gasteiger partial charge on any atom is 0.180 e. The predicted octanol–water partition coefficient (Wildman–Crippen LogP) is 7.00. The van der Waals surface area contributed by atoms with Crippen molar-refractivity contribution in [2.45, 2.75) is 52.4 Å². The van der Waals surface area contributed by atoms with E-state index < -0.39 is 16.1 Å². The molecule has 0 aromatic heterocycles. The Hall–Kier alpha value is -5.03. The Morgan fingerprint density at radius 2 is 0.558 bits per heavy atom. The third kappa shape index (κ3) is 4.64. The molecule has 2 aliphatic heterocycles. The molecule has 0 unspecified atom stereocenters. The lowest BCUT2D eigenvalue weighted by Crippen LogP contribution is -2.74. The summed E-state index contributed by atoms with van der Waals surface area (Å²) in [5, 5.41) is 11.9. The molecule has 0 atom stereocenters. The molecule has 0 fully saturated rings. The van der Waals surface area contributed by atoms with Crippen LogP contribution in [0.4, 0.5) is 0 Å². The highest BCUT2D eigenvalue weighted by Crippen LogP contribution is 2.37. The molecule has 0 saturated heterocycles. The van der Waals surface area contributed by atoms with Gasteiger partial charge in [-0.05, 0) is 85.7 Å². The molecule has 0 nitrogen and oxygen atoms in total. The Kier molecular flexibility index (Phi) is 7.42. The lowest BCUT2D eigenvalue weighted by atomic mass is 9.86. The van der Waals surface area contributed by atoms with Gasteiger partial charge in [0, 0.05) is 0 Å². The van der Waals surface area contributed by atoms with E-state index in [1.807, 2.05) is 0 Å². The van der Waals surface area contributed by atoms with E-state index in [4.69, 9.17) is 0 Å². The molecule has 2 heterocycles. The van der Waals surface area contributed by atoms with Gasteiger partial charge in [-0.25, -0.2) is 0 Å². The topological polar surface area (TPSA) is 0 Å². The van der Waals surface area contributed by atoms with Crippen LogP contribution in [0.15, 0.2) is 170 Å². The fourth-order valence-electron chi connectivity index (χ4n) is 9.40. The standard InChI is InChI=1S/C50H46Si2/c1-49(2,3)35-27-29-41-43-33-48-44(34-47(43)51(45(41)31-35,37-19-11-7-12-20-37)38-21-13-8-14-22-38)42-30-28-36(50(4,5)6)32-46(42)52(48,39-23-15-9-16-24-39)40-25-17-10-18-26-40/h7-34H,1-6H3. The van der Waals surface area contributed by atoms with Crippen LogP contribution < -0.4 is 41.5 Å². The maximum absolute atomic E-state index is 2.73. The van der Waals surface area contributed by atoms with Crippen molar-refractivity contribution >= 4 is 57.6 Å². The van der Waals surface area contributed by atoms with Crippen molar-refractivity contribution < 1.29 is 0 Å². The van der Waals surface area contributed by atoms with Crippen molar-refractivity contribution in [2.24, 2.45) is 0 Å². The summed E-state index contributed by atoms with van der Waals surface area (Å²) in [7, 11) is -5.46. The van der Waals surface area contributed by atoms with Crippen molar-refractivity contribution in [1.29, 1.82) is 0 Å². The van der Waals surface area contributed by atoms with Crippen LogP contribution in [0, 0.1) is 0 Å². The molecule has 52 heavy (non-hydrogen) atoms. The first-order valence-corrected chi connectivity index (χ1v) is 22.8. The average Bonchev–Trinajstić information content (AvgIpc) is 3.61. The van der Waals surface area contributed by atoms with Crippen LogP contribution in [0.3, 0.4) is 0 Å². The fraction of sp³-hybridized carbons (Fsp3) is 0.160. The van der Waals surface area contributed by atoms with Crippen molar-refractivity contribution in [3.05, 3.63) is 181 Å². The zero-order valence-electron chi connectivity index (χ0n) is 31.2. The molecule has 0 spiro atoms. The highest BCUT2D eigenvalue weighted by Gasteiger charge is 2.54. The molecular weight excluding hydrogens is 657 g/mol. The van der Waals surface area contributed by atoms with Gasteiger partial charge in [0.15, 0.2) is 16.1 Å². The van der Waals surface area contributed by atoms with E-state index >= 15 is 0 Å². The summed E-state index contributed by atoms with van der Waals surface area (Å²) < 4.78 is 0. The van der Waals surface area contributed by atoms with Crippen molar-refractivity contribution in [1.82, 2.24) is 0 Å². The van der Waals surface area contributed by atoms with E-state index in [0.29, 0.717) is 0 Å². The summed E-state index contributed by atoms with van der Waals surface area (Å²) in [5.41, 5.74) is 8.50. The molecule has 0 amide bonds. The van der Waals surface area contributed by atoms with Gasteiger partial charge in [-0.15, -0.1) is 0 Å². The van der Waals surface area contributed by atoms with E-state index in [9.17, 15) is 0 Å². The van der Waals surface area contributed by atoms with Gasteiger partial charge in [0.2, 0.25) is 0 Å². The first-order valence-electron chi connectivity index (χ1n) is 18.8. The van der Waals surface area contributed by atoms with E-state index in [1.165, 1.54) is 74.9 Å². The van der Waals surface area contributed by atoms with E-state index in [-0.39, 0.29) is 10.8 Å². The maximum atomic E-state index is 2.68.